The zero-order valence-electron chi connectivity index (χ0n) is 14.1. The first-order valence-corrected chi connectivity index (χ1v) is 7.85. The molecule has 2 N–H and O–H groups in total. The molecule has 0 radical (unpaired) electrons. The number of hydrogen-bond donors (Lipinski definition) is 2. The molecule has 2 amide bonds. The molecule has 7 heteroatoms. The van der Waals surface area contributed by atoms with Gasteiger partial charge in [0.05, 0.1) is 12.9 Å². The molecule has 0 unspecified atom stereocenters. The summed E-state index contributed by atoms with van der Waals surface area (Å²) >= 11 is 0. The van der Waals surface area contributed by atoms with Crippen molar-refractivity contribution in [2.75, 3.05) is 19.0 Å². The number of ether oxygens (including phenoxy) is 1. The van der Waals surface area contributed by atoms with Gasteiger partial charge in [0.2, 0.25) is 0 Å². The average molecular weight is 340 g/mol. The second-order valence-electron chi connectivity index (χ2n) is 5.56. The number of rotatable bonds is 6. The van der Waals surface area contributed by atoms with Gasteiger partial charge < -0.3 is 24.4 Å². The Morgan fingerprint density at radius 3 is 2.92 bits per heavy atom. The van der Waals surface area contributed by atoms with E-state index >= 15 is 0 Å². The van der Waals surface area contributed by atoms with Gasteiger partial charge in [-0.2, -0.15) is 0 Å². The third-order valence-corrected chi connectivity index (χ3v) is 3.73. The largest absolute Gasteiger partial charge is 0.467 e. The van der Waals surface area contributed by atoms with Crippen molar-refractivity contribution < 1.29 is 13.9 Å². The van der Waals surface area contributed by atoms with Crippen LogP contribution in [0.4, 0.5) is 10.5 Å². The Kier molecular flexibility index (Phi) is 5.15. The maximum absolute atomic E-state index is 12.3. The van der Waals surface area contributed by atoms with Gasteiger partial charge in [0.15, 0.2) is 0 Å². The van der Waals surface area contributed by atoms with Crippen LogP contribution in [0.1, 0.15) is 11.8 Å². The monoisotopic (exact) mass is 340 g/mol. The molecule has 25 heavy (non-hydrogen) atoms. The fourth-order valence-electron chi connectivity index (χ4n) is 2.56. The first kappa shape index (κ1) is 16.8. The van der Waals surface area contributed by atoms with Gasteiger partial charge in [0.1, 0.15) is 17.6 Å². The van der Waals surface area contributed by atoms with Gasteiger partial charge in [0.25, 0.3) is 0 Å². The number of carbonyl (C=O) groups is 1. The predicted molar refractivity (Wildman–Crippen MR) is 94.1 cm³/mol. The van der Waals surface area contributed by atoms with Crippen LogP contribution in [0.3, 0.4) is 0 Å². The molecule has 3 aromatic rings. The standard InChI is InChI=1S/C18H20N4O3/c1-22-9-8-19-17(22)13-5-3-6-14(11-13)20-18(23)21-15(12-24-2)16-7-4-10-25-16/h3-11,15H,12H2,1-2H3,(H2,20,21,23)/t15-/m1/s1. The quantitative estimate of drug-likeness (QED) is 0.722. The minimum atomic E-state index is -0.363. The molecule has 2 heterocycles. The summed E-state index contributed by atoms with van der Waals surface area (Å²) in [4.78, 5) is 16.6. The molecule has 0 saturated carbocycles. The maximum Gasteiger partial charge on any atom is 0.319 e. The Bertz CT molecular complexity index is 826. The molecule has 3 rings (SSSR count). The topological polar surface area (TPSA) is 81.3 Å². The zero-order valence-corrected chi connectivity index (χ0v) is 14.1. The van der Waals surface area contributed by atoms with Gasteiger partial charge in [-0.15, -0.1) is 0 Å². The first-order valence-electron chi connectivity index (χ1n) is 7.85. The molecule has 1 aromatic carbocycles. The highest BCUT2D eigenvalue weighted by Crippen LogP contribution is 2.21. The Labute approximate surface area is 145 Å². The van der Waals surface area contributed by atoms with E-state index in [1.807, 2.05) is 42.1 Å². The number of nitrogens with zero attached hydrogens (tertiary/aromatic N) is 2. The van der Waals surface area contributed by atoms with Crippen molar-refractivity contribution in [3.63, 3.8) is 0 Å². The lowest BCUT2D eigenvalue weighted by molar-refractivity contribution is 0.159. The molecule has 0 aliphatic heterocycles. The van der Waals surface area contributed by atoms with Crippen LogP contribution in [0.15, 0.2) is 59.5 Å². The van der Waals surface area contributed by atoms with Crippen molar-refractivity contribution >= 4 is 11.7 Å². The van der Waals surface area contributed by atoms with E-state index in [9.17, 15) is 4.79 Å². The number of nitrogens with one attached hydrogen (secondary N) is 2. The van der Waals surface area contributed by atoms with E-state index < -0.39 is 0 Å². The molecule has 0 saturated heterocycles. The summed E-state index contributed by atoms with van der Waals surface area (Å²) in [7, 11) is 3.50. The van der Waals surface area contributed by atoms with E-state index in [0.29, 0.717) is 18.1 Å². The molecule has 0 bridgehead atoms. The number of urea groups is 1. The molecule has 0 fully saturated rings. The lowest BCUT2D eigenvalue weighted by Crippen LogP contribution is -2.34. The average Bonchev–Trinajstić information content (AvgIpc) is 3.26. The number of hydrogen-bond acceptors (Lipinski definition) is 4. The second kappa shape index (κ2) is 7.67. The summed E-state index contributed by atoms with van der Waals surface area (Å²) < 4.78 is 12.4. The van der Waals surface area contributed by atoms with E-state index in [0.717, 1.165) is 11.4 Å². The Morgan fingerprint density at radius 1 is 1.36 bits per heavy atom. The SMILES string of the molecule is COC[C@@H](NC(=O)Nc1cccc(-c2nccn2C)c1)c1ccco1. The highest BCUT2D eigenvalue weighted by atomic mass is 16.5. The minimum absolute atomic E-state index is 0.314. The fraction of sp³-hybridized carbons (Fsp3) is 0.222. The van der Waals surface area contributed by atoms with Crippen LogP contribution in [0.5, 0.6) is 0 Å². The van der Waals surface area contributed by atoms with Crippen LogP contribution in [0.2, 0.25) is 0 Å². The van der Waals surface area contributed by atoms with Crippen LogP contribution >= 0.6 is 0 Å². The number of aryl methyl sites for hydroxylation is 1. The van der Waals surface area contributed by atoms with E-state index in [-0.39, 0.29) is 12.1 Å². The van der Waals surface area contributed by atoms with Crippen molar-refractivity contribution in [3.8, 4) is 11.4 Å². The van der Waals surface area contributed by atoms with E-state index in [4.69, 9.17) is 9.15 Å². The number of aromatic nitrogens is 2. The van der Waals surface area contributed by atoms with Crippen LogP contribution in [0.25, 0.3) is 11.4 Å². The molecule has 7 nitrogen and oxygen atoms in total. The number of benzene rings is 1. The highest BCUT2D eigenvalue weighted by molar-refractivity contribution is 5.90. The van der Waals surface area contributed by atoms with Crippen LogP contribution in [0, 0.1) is 0 Å². The number of imidazole rings is 1. The van der Waals surface area contributed by atoms with Crippen molar-refractivity contribution in [1.29, 1.82) is 0 Å². The molecular formula is C18H20N4O3. The van der Waals surface area contributed by atoms with Crippen LogP contribution in [-0.4, -0.2) is 29.3 Å². The maximum atomic E-state index is 12.3. The molecule has 0 spiro atoms. The third-order valence-electron chi connectivity index (χ3n) is 3.73. The van der Waals surface area contributed by atoms with Crippen molar-refractivity contribution in [3.05, 3.63) is 60.8 Å². The Morgan fingerprint density at radius 2 is 2.24 bits per heavy atom. The van der Waals surface area contributed by atoms with E-state index in [1.54, 1.807) is 31.7 Å². The van der Waals surface area contributed by atoms with Crippen LogP contribution < -0.4 is 10.6 Å². The predicted octanol–water partition coefficient (Wildman–Crippen LogP) is 3.19. The van der Waals surface area contributed by atoms with Gasteiger partial charge in [-0.05, 0) is 24.3 Å². The third kappa shape index (κ3) is 4.07. The number of anilines is 1. The fourth-order valence-corrected chi connectivity index (χ4v) is 2.56. The summed E-state index contributed by atoms with van der Waals surface area (Å²) in [6.45, 7) is 0.314. The molecule has 0 aliphatic rings. The van der Waals surface area contributed by atoms with Crippen molar-refractivity contribution in [1.82, 2.24) is 14.9 Å². The van der Waals surface area contributed by atoms with Gasteiger partial charge in [0, 0.05) is 37.8 Å². The summed E-state index contributed by atoms with van der Waals surface area (Å²) in [5.74, 6) is 1.47. The first-order chi connectivity index (χ1) is 12.2. The summed E-state index contributed by atoms with van der Waals surface area (Å²) in [5.41, 5.74) is 1.60. The van der Waals surface area contributed by atoms with Gasteiger partial charge in [-0.1, -0.05) is 12.1 Å². The summed E-state index contributed by atoms with van der Waals surface area (Å²) in [6, 6.07) is 10.4. The second-order valence-corrected chi connectivity index (χ2v) is 5.56. The summed E-state index contributed by atoms with van der Waals surface area (Å²) in [6.07, 6.45) is 5.18. The molecule has 2 aromatic heterocycles. The number of carbonyl (C=O) groups excluding carboxylic acids is 1. The van der Waals surface area contributed by atoms with Gasteiger partial charge in [-0.3, -0.25) is 0 Å². The lowest BCUT2D eigenvalue weighted by Gasteiger charge is -2.16. The number of amides is 2. The van der Waals surface area contributed by atoms with E-state index in [2.05, 4.69) is 15.6 Å². The van der Waals surface area contributed by atoms with Gasteiger partial charge in [-0.25, -0.2) is 9.78 Å². The molecule has 1 atom stereocenters. The van der Waals surface area contributed by atoms with Crippen molar-refractivity contribution in [2.45, 2.75) is 6.04 Å². The number of furan rings is 1. The Hall–Kier alpha value is -3.06. The molecule has 0 aliphatic carbocycles. The normalized spacial score (nSPS) is 11.9. The van der Waals surface area contributed by atoms with Crippen molar-refractivity contribution in [2.24, 2.45) is 7.05 Å². The summed E-state index contributed by atoms with van der Waals surface area (Å²) in [5, 5.41) is 5.68. The van der Waals surface area contributed by atoms with E-state index in [1.165, 1.54) is 0 Å². The lowest BCUT2D eigenvalue weighted by atomic mass is 10.2. The molecular weight excluding hydrogens is 320 g/mol. The van der Waals surface area contributed by atoms with Gasteiger partial charge >= 0.3 is 6.03 Å². The highest BCUT2D eigenvalue weighted by Gasteiger charge is 2.17. The zero-order chi connectivity index (χ0) is 17.6. The minimum Gasteiger partial charge on any atom is -0.467 e. The number of methoxy groups -OCH3 is 1. The Balaban J connectivity index is 1.69. The van der Waals surface area contributed by atoms with Crippen LogP contribution in [-0.2, 0) is 11.8 Å². The smallest absolute Gasteiger partial charge is 0.319 e. The molecule has 130 valence electrons.